The van der Waals surface area contributed by atoms with Gasteiger partial charge in [0.15, 0.2) is 5.82 Å². The lowest BCUT2D eigenvalue weighted by Gasteiger charge is -2.04. The Bertz CT molecular complexity index is 501. The van der Waals surface area contributed by atoms with E-state index >= 15 is 0 Å². The number of rotatable bonds is 3. The number of hydrogen-bond donors (Lipinski definition) is 1. The van der Waals surface area contributed by atoms with Crippen LogP contribution in [-0.4, -0.2) is 10.1 Å². The maximum absolute atomic E-state index is 5.89. The number of aromatic nitrogens is 2. The van der Waals surface area contributed by atoms with Crippen LogP contribution >= 0.6 is 27.5 Å². The second-order valence-corrected chi connectivity index (χ2v) is 4.48. The highest BCUT2D eigenvalue weighted by atomic mass is 79.9. The van der Waals surface area contributed by atoms with E-state index in [0.717, 1.165) is 10.2 Å². The average Bonchev–Trinajstić information content (AvgIpc) is 2.66. The van der Waals surface area contributed by atoms with E-state index in [1.807, 2.05) is 18.2 Å². The van der Waals surface area contributed by atoms with Gasteiger partial charge in [0.1, 0.15) is 0 Å². The molecule has 0 atom stereocenters. The van der Waals surface area contributed by atoms with Gasteiger partial charge in [0.25, 0.3) is 0 Å². The van der Waals surface area contributed by atoms with Gasteiger partial charge in [-0.3, -0.25) is 0 Å². The van der Waals surface area contributed by atoms with Crippen molar-refractivity contribution in [3.63, 3.8) is 0 Å². The van der Waals surface area contributed by atoms with Gasteiger partial charge >= 0.3 is 0 Å². The van der Waals surface area contributed by atoms with E-state index in [1.165, 1.54) is 0 Å². The minimum atomic E-state index is 0.495. The van der Waals surface area contributed by atoms with Crippen molar-refractivity contribution in [3.8, 4) is 0 Å². The summed E-state index contributed by atoms with van der Waals surface area (Å²) in [5.74, 6) is 1.19. The summed E-state index contributed by atoms with van der Waals surface area (Å²) in [7, 11) is 0. The molecule has 4 nitrogen and oxygen atoms in total. The van der Waals surface area contributed by atoms with Gasteiger partial charge in [-0.05, 0) is 41.1 Å². The molecule has 0 saturated carbocycles. The number of anilines is 1. The van der Waals surface area contributed by atoms with Gasteiger partial charge in [-0.25, -0.2) is 0 Å². The van der Waals surface area contributed by atoms with Crippen molar-refractivity contribution in [2.24, 2.45) is 0 Å². The van der Waals surface area contributed by atoms with E-state index in [9.17, 15) is 0 Å². The first kappa shape index (κ1) is 11.4. The van der Waals surface area contributed by atoms with Gasteiger partial charge < -0.3 is 9.84 Å². The Balaban J connectivity index is 2.02. The van der Waals surface area contributed by atoms with Crippen molar-refractivity contribution in [1.82, 2.24) is 10.1 Å². The number of halogens is 2. The molecule has 1 heterocycles. The molecule has 0 radical (unpaired) electrons. The smallest absolute Gasteiger partial charge is 0.245 e. The zero-order valence-corrected chi connectivity index (χ0v) is 10.8. The Morgan fingerprint density at radius 3 is 2.94 bits per heavy atom. The summed E-state index contributed by atoms with van der Waals surface area (Å²) in [5.41, 5.74) is 0.937. The number of benzene rings is 1. The highest BCUT2D eigenvalue weighted by Gasteiger charge is 2.03. The Hall–Kier alpha value is -1.07. The minimum Gasteiger partial charge on any atom is -0.376 e. The van der Waals surface area contributed by atoms with Crippen molar-refractivity contribution in [3.05, 3.63) is 39.4 Å². The molecule has 1 aromatic carbocycles. The summed E-state index contributed by atoms with van der Waals surface area (Å²) >= 11 is 9.24. The van der Waals surface area contributed by atoms with Gasteiger partial charge in [0.2, 0.25) is 5.89 Å². The fraction of sp³-hybridized carbons (Fsp3) is 0.200. The van der Waals surface area contributed by atoms with Crippen LogP contribution in [0.3, 0.4) is 0 Å². The summed E-state index contributed by atoms with van der Waals surface area (Å²) in [6, 6.07) is 5.59. The second kappa shape index (κ2) is 4.84. The van der Waals surface area contributed by atoms with E-state index < -0.39 is 0 Å². The first-order valence-corrected chi connectivity index (χ1v) is 5.80. The number of nitrogens with one attached hydrogen (secondary N) is 1. The van der Waals surface area contributed by atoms with Crippen LogP contribution in [0.4, 0.5) is 5.69 Å². The minimum absolute atomic E-state index is 0.495. The van der Waals surface area contributed by atoms with Crippen LogP contribution in [0.5, 0.6) is 0 Å². The van der Waals surface area contributed by atoms with E-state index in [4.69, 9.17) is 16.1 Å². The third-order valence-corrected chi connectivity index (χ3v) is 3.15. The lowest BCUT2D eigenvalue weighted by molar-refractivity contribution is 0.379. The topological polar surface area (TPSA) is 51.0 Å². The van der Waals surface area contributed by atoms with Crippen LogP contribution in [-0.2, 0) is 6.54 Å². The molecular formula is C10H9BrClN3O. The second-order valence-electron chi connectivity index (χ2n) is 3.22. The number of aryl methyl sites for hydroxylation is 1. The molecule has 2 rings (SSSR count). The Morgan fingerprint density at radius 2 is 2.31 bits per heavy atom. The van der Waals surface area contributed by atoms with E-state index in [-0.39, 0.29) is 0 Å². The molecule has 0 fully saturated rings. The number of hydrogen-bond acceptors (Lipinski definition) is 4. The van der Waals surface area contributed by atoms with Crippen molar-refractivity contribution in [2.75, 3.05) is 5.32 Å². The summed E-state index contributed by atoms with van der Waals surface area (Å²) in [5, 5.41) is 7.54. The molecule has 1 N–H and O–H groups in total. The molecule has 0 saturated heterocycles. The first-order chi connectivity index (χ1) is 7.65. The summed E-state index contributed by atoms with van der Waals surface area (Å²) in [6.45, 7) is 2.28. The van der Waals surface area contributed by atoms with Crippen LogP contribution in [0.2, 0.25) is 5.02 Å². The van der Waals surface area contributed by atoms with Crippen molar-refractivity contribution >= 4 is 33.2 Å². The van der Waals surface area contributed by atoms with Gasteiger partial charge in [0.05, 0.1) is 11.6 Å². The molecular weight excluding hydrogens is 293 g/mol. The molecule has 1 aromatic heterocycles. The molecule has 0 unspecified atom stereocenters. The zero-order valence-electron chi connectivity index (χ0n) is 8.50. The van der Waals surface area contributed by atoms with Crippen LogP contribution in [0.1, 0.15) is 11.7 Å². The molecule has 0 aliphatic heterocycles. The van der Waals surface area contributed by atoms with E-state index in [1.54, 1.807) is 6.92 Å². The fourth-order valence-corrected chi connectivity index (χ4v) is 1.69. The maximum Gasteiger partial charge on any atom is 0.245 e. The average molecular weight is 303 g/mol. The van der Waals surface area contributed by atoms with E-state index in [0.29, 0.717) is 23.3 Å². The maximum atomic E-state index is 5.89. The first-order valence-electron chi connectivity index (χ1n) is 4.63. The molecule has 16 heavy (non-hydrogen) atoms. The third-order valence-electron chi connectivity index (χ3n) is 1.93. The monoisotopic (exact) mass is 301 g/mol. The van der Waals surface area contributed by atoms with Gasteiger partial charge in [-0.15, -0.1) is 0 Å². The molecule has 0 spiro atoms. The quantitative estimate of drug-likeness (QED) is 0.944. The summed E-state index contributed by atoms with van der Waals surface area (Å²) in [6.07, 6.45) is 0. The number of nitrogens with zero attached hydrogens (tertiary/aromatic N) is 2. The normalized spacial score (nSPS) is 10.4. The van der Waals surface area contributed by atoms with Crippen LogP contribution in [0, 0.1) is 6.92 Å². The predicted octanol–water partition coefficient (Wildman–Crippen LogP) is 3.41. The molecule has 2 aromatic rings. The predicted molar refractivity (Wildman–Crippen MR) is 65.5 cm³/mol. The SMILES string of the molecule is Cc1noc(CNc2ccc(Cl)c(Br)c2)n1. The van der Waals surface area contributed by atoms with Crippen LogP contribution < -0.4 is 5.32 Å². The summed E-state index contributed by atoms with van der Waals surface area (Å²) < 4.78 is 5.83. The Labute approximate surface area is 106 Å². The molecule has 0 amide bonds. The molecule has 0 aliphatic carbocycles. The summed E-state index contributed by atoms with van der Waals surface area (Å²) in [4.78, 5) is 4.09. The largest absolute Gasteiger partial charge is 0.376 e. The Morgan fingerprint density at radius 1 is 1.50 bits per heavy atom. The third kappa shape index (κ3) is 2.74. The zero-order chi connectivity index (χ0) is 11.5. The standard InChI is InChI=1S/C10H9BrClN3O/c1-6-14-10(16-15-6)5-13-7-2-3-9(12)8(11)4-7/h2-4,13H,5H2,1H3. The lowest BCUT2D eigenvalue weighted by Crippen LogP contribution is -1.99. The highest BCUT2D eigenvalue weighted by Crippen LogP contribution is 2.25. The molecule has 84 valence electrons. The molecule has 6 heteroatoms. The van der Waals surface area contributed by atoms with Crippen molar-refractivity contribution in [2.45, 2.75) is 13.5 Å². The van der Waals surface area contributed by atoms with Crippen LogP contribution in [0.25, 0.3) is 0 Å². The molecule has 0 bridgehead atoms. The van der Waals surface area contributed by atoms with Crippen LogP contribution in [0.15, 0.2) is 27.2 Å². The van der Waals surface area contributed by atoms with Crippen molar-refractivity contribution < 1.29 is 4.52 Å². The van der Waals surface area contributed by atoms with Crippen molar-refractivity contribution in [1.29, 1.82) is 0 Å². The lowest BCUT2D eigenvalue weighted by atomic mass is 10.3. The van der Waals surface area contributed by atoms with Gasteiger partial charge in [0, 0.05) is 10.2 Å². The van der Waals surface area contributed by atoms with Gasteiger partial charge in [-0.1, -0.05) is 16.8 Å². The highest BCUT2D eigenvalue weighted by molar-refractivity contribution is 9.10. The van der Waals surface area contributed by atoms with Gasteiger partial charge in [-0.2, -0.15) is 4.98 Å². The Kier molecular flexibility index (Phi) is 3.46. The fourth-order valence-electron chi connectivity index (χ4n) is 1.20. The van der Waals surface area contributed by atoms with E-state index in [2.05, 4.69) is 31.4 Å². The molecule has 0 aliphatic rings.